The number of nitrogens with one attached hydrogen (secondary N) is 1. The van der Waals surface area contributed by atoms with Gasteiger partial charge in [-0.3, -0.25) is 4.72 Å². The van der Waals surface area contributed by atoms with Gasteiger partial charge in [0.1, 0.15) is 24.1 Å². The van der Waals surface area contributed by atoms with Crippen LogP contribution in [-0.2, 0) is 27.7 Å². The minimum absolute atomic E-state index is 0.0129. The number of aryl methyl sites for hydroxylation is 3. The first kappa shape index (κ1) is 23.9. The van der Waals surface area contributed by atoms with Crippen molar-refractivity contribution in [2.24, 2.45) is 0 Å². The molecule has 1 aromatic heterocycles. The molecule has 0 spiro atoms. The van der Waals surface area contributed by atoms with Gasteiger partial charge in [0.25, 0.3) is 10.0 Å². The normalized spacial score (nSPS) is 22.2. The van der Waals surface area contributed by atoms with Crippen molar-refractivity contribution in [2.45, 2.75) is 49.0 Å². The van der Waals surface area contributed by atoms with Crippen LogP contribution in [-0.4, -0.2) is 56.6 Å². The molecule has 0 saturated carbocycles. The Labute approximate surface area is 196 Å². The molecule has 0 fully saturated rings. The highest BCUT2D eigenvalue weighted by Crippen LogP contribution is 2.33. The summed E-state index contributed by atoms with van der Waals surface area (Å²) >= 11 is 0. The van der Waals surface area contributed by atoms with Crippen LogP contribution in [0.1, 0.15) is 34.8 Å². The first-order valence-electron chi connectivity index (χ1n) is 10.6. The standard InChI is InChI=1S/C23H25N3O7S/c1-13-2-10-17(11-3-13)34(32,33)25-15-7-4-14(5-8-15)6-9-16-12-26-18(23(30)31)19(27)20(28)21(29)22(26)24-16/h2-5,7-8,10-12,18-21,25,27-29H,6,9H2,1H3,(H,30,31)/t18-,19+,20-,21+/m0/s1. The predicted octanol–water partition coefficient (Wildman–Crippen LogP) is 1.17. The number of aliphatic hydroxyl groups is 3. The molecule has 10 nitrogen and oxygen atoms in total. The Hall–Kier alpha value is -3.25. The first-order chi connectivity index (χ1) is 16.1. The summed E-state index contributed by atoms with van der Waals surface area (Å²) in [6, 6.07) is 11.9. The number of hydrogen-bond donors (Lipinski definition) is 5. The second-order valence-electron chi connectivity index (χ2n) is 8.32. The van der Waals surface area contributed by atoms with Crippen LogP contribution < -0.4 is 4.72 Å². The second-order valence-corrected chi connectivity index (χ2v) is 10.0. The fraction of sp³-hybridized carbons (Fsp3) is 0.304. The molecule has 1 aliphatic heterocycles. The third kappa shape index (κ3) is 4.68. The van der Waals surface area contributed by atoms with Crippen molar-refractivity contribution < 1.29 is 33.6 Å². The Bertz CT molecular complexity index is 1290. The summed E-state index contributed by atoms with van der Waals surface area (Å²) in [6.07, 6.45) is -2.45. The molecule has 180 valence electrons. The molecule has 2 heterocycles. The highest BCUT2D eigenvalue weighted by molar-refractivity contribution is 7.92. The molecule has 0 radical (unpaired) electrons. The molecule has 4 atom stereocenters. The zero-order chi connectivity index (χ0) is 24.6. The maximum absolute atomic E-state index is 12.5. The molecule has 5 N–H and O–H groups in total. The van der Waals surface area contributed by atoms with Crippen LogP contribution in [0.5, 0.6) is 0 Å². The monoisotopic (exact) mass is 487 g/mol. The van der Waals surface area contributed by atoms with Crippen LogP contribution >= 0.6 is 0 Å². The maximum Gasteiger partial charge on any atom is 0.329 e. The third-order valence-electron chi connectivity index (χ3n) is 5.83. The number of aliphatic hydroxyl groups excluding tert-OH is 3. The van der Waals surface area contributed by atoms with Crippen LogP contribution in [0.4, 0.5) is 5.69 Å². The quantitative estimate of drug-likeness (QED) is 0.332. The average Bonchev–Trinajstić information content (AvgIpc) is 3.21. The second kappa shape index (κ2) is 9.18. The van der Waals surface area contributed by atoms with Crippen LogP contribution in [0.2, 0.25) is 0 Å². The maximum atomic E-state index is 12.5. The fourth-order valence-electron chi connectivity index (χ4n) is 3.92. The summed E-state index contributed by atoms with van der Waals surface area (Å²) in [7, 11) is -3.70. The Morgan fingerprint density at radius 3 is 2.26 bits per heavy atom. The van der Waals surface area contributed by atoms with E-state index < -0.39 is 40.3 Å². The van der Waals surface area contributed by atoms with Gasteiger partial charge in [0, 0.05) is 11.9 Å². The summed E-state index contributed by atoms with van der Waals surface area (Å²) in [5.41, 5.74) is 2.75. The number of imidazole rings is 1. The lowest BCUT2D eigenvalue weighted by molar-refractivity contribution is -0.156. The van der Waals surface area contributed by atoms with Crippen molar-refractivity contribution in [1.29, 1.82) is 0 Å². The number of benzene rings is 2. The van der Waals surface area contributed by atoms with Gasteiger partial charge in [-0.1, -0.05) is 29.8 Å². The van der Waals surface area contributed by atoms with E-state index in [0.29, 0.717) is 24.2 Å². The summed E-state index contributed by atoms with van der Waals surface area (Å²) < 4.78 is 28.8. The predicted molar refractivity (Wildman–Crippen MR) is 122 cm³/mol. The molecular formula is C23H25N3O7S. The minimum atomic E-state index is -3.70. The Morgan fingerprint density at radius 1 is 1.00 bits per heavy atom. The number of aliphatic carboxylic acids is 1. The summed E-state index contributed by atoms with van der Waals surface area (Å²) in [6.45, 7) is 1.88. The van der Waals surface area contributed by atoms with Crippen LogP contribution in [0.3, 0.4) is 0 Å². The molecule has 0 saturated heterocycles. The molecule has 4 rings (SSSR count). The van der Waals surface area contributed by atoms with Gasteiger partial charge >= 0.3 is 5.97 Å². The van der Waals surface area contributed by atoms with E-state index in [9.17, 15) is 33.6 Å². The van der Waals surface area contributed by atoms with E-state index in [1.165, 1.54) is 10.8 Å². The molecule has 2 aromatic carbocycles. The number of carboxylic acid groups (broad SMARTS) is 1. The number of anilines is 1. The van der Waals surface area contributed by atoms with Gasteiger partial charge in [-0.05, 0) is 49.6 Å². The highest BCUT2D eigenvalue weighted by Gasteiger charge is 2.45. The lowest BCUT2D eigenvalue weighted by atomic mass is 9.96. The Kier molecular flexibility index (Phi) is 6.45. The molecule has 11 heteroatoms. The molecule has 1 aliphatic rings. The number of carbonyl (C=O) groups is 1. The van der Waals surface area contributed by atoms with Crippen molar-refractivity contribution in [3.05, 3.63) is 77.4 Å². The summed E-state index contributed by atoms with van der Waals surface area (Å²) in [4.78, 5) is 16.0. The van der Waals surface area contributed by atoms with Crippen molar-refractivity contribution in [3.8, 4) is 0 Å². The van der Waals surface area contributed by atoms with Gasteiger partial charge in [0.15, 0.2) is 6.04 Å². The molecular weight excluding hydrogens is 462 g/mol. The zero-order valence-electron chi connectivity index (χ0n) is 18.2. The van der Waals surface area contributed by atoms with Crippen LogP contribution in [0.25, 0.3) is 0 Å². The van der Waals surface area contributed by atoms with E-state index in [4.69, 9.17) is 0 Å². The number of carboxylic acids is 1. The van der Waals surface area contributed by atoms with Crippen molar-refractivity contribution in [2.75, 3.05) is 4.72 Å². The van der Waals surface area contributed by atoms with Gasteiger partial charge in [-0.15, -0.1) is 0 Å². The summed E-state index contributed by atoms with van der Waals surface area (Å²) in [5, 5.41) is 39.6. The van der Waals surface area contributed by atoms with E-state index in [2.05, 4.69) is 9.71 Å². The SMILES string of the molecule is Cc1ccc(S(=O)(=O)Nc2ccc(CCc3cn4c(n3)[C@H](O)[C@@H](O)[C@H](O)[C@H]4C(=O)O)cc2)cc1. The zero-order valence-corrected chi connectivity index (χ0v) is 19.1. The highest BCUT2D eigenvalue weighted by atomic mass is 32.2. The third-order valence-corrected chi connectivity index (χ3v) is 7.23. The van der Waals surface area contributed by atoms with E-state index in [1.54, 1.807) is 48.5 Å². The smallest absolute Gasteiger partial charge is 0.329 e. The molecule has 0 bridgehead atoms. The number of aromatic nitrogens is 2. The Morgan fingerprint density at radius 2 is 1.65 bits per heavy atom. The largest absolute Gasteiger partial charge is 0.480 e. The lowest BCUT2D eigenvalue weighted by Gasteiger charge is -2.33. The van der Waals surface area contributed by atoms with E-state index in [0.717, 1.165) is 11.1 Å². The van der Waals surface area contributed by atoms with E-state index in [-0.39, 0.29) is 10.7 Å². The number of rotatable bonds is 7. The fourth-order valence-corrected chi connectivity index (χ4v) is 4.98. The number of sulfonamides is 1. The van der Waals surface area contributed by atoms with Crippen molar-refractivity contribution in [1.82, 2.24) is 9.55 Å². The number of fused-ring (bicyclic) bond motifs is 1. The van der Waals surface area contributed by atoms with E-state index >= 15 is 0 Å². The number of hydrogen-bond acceptors (Lipinski definition) is 7. The van der Waals surface area contributed by atoms with Gasteiger partial charge in [0.2, 0.25) is 0 Å². The molecule has 0 amide bonds. The number of nitrogens with zero attached hydrogens (tertiary/aromatic N) is 2. The molecule has 0 aliphatic carbocycles. The van der Waals surface area contributed by atoms with E-state index in [1.807, 2.05) is 6.92 Å². The first-order valence-corrected chi connectivity index (χ1v) is 12.1. The van der Waals surface area contributed by atoms with Crippen molar-refractivity contribution in [3.63, 3.8) is 0 Å². The Balaban J connectivity index is 1.44. The topological polar surface area (TPSA) is 162 Å². The van der Waals surface area contributed by atoms with Gasteiger partial charge in [-0.25, -0.2) is 18.2 Å². The van der Waals surface area contributed by atoms with Gasteiger partial charge in [-0.2, -0.15) is 0 Å². The summed E-state index contributed by atoms with van der Waals surface area (Å²) in [5.74, 6) is -1.35. The minimum Gasteiger partial charge on any atom is -0.480 e. The molecule has 3 aromatic rings. The van der Waals surface area contributed by atoms with Crippen LogP contribution in [0, 0.1) is 6.92 Å². The average molecular weight is 488 g/mol. The van der Waals surface area contributed by atoms with Crippen LogP contribution in [0.15, 0.2) is 59.6 Å². The van der Waals surface area contributed by atoms with Crippen molar-refractivity contribution >= 4 is 21.7 Å². The van der Waals surface area contributed by atoms with Gasteiger partial charge in [0.05, 0.1) is 10.6 Å². The van der Waals surface area contributed by atoms with Gasteiger partial charge < -0.3 is 25.0 Å². The molecule has 34 heavy (non-hydrogen) atoms. The lowest BCUT2D eigenvalue weighted by Crippen LogP contribution is -2.47. The molecule has 0 unspecified atom stereocenters.